The van der Waals surface area contributed by atoms with Crippen LogP contribution in [-0.2, 0) is 0 Å². The molecule has 0 atom stereocenters. The first-order valence-corrected chi connectivity index (χ1v) is 3.97. The van der Waals surface area contributed by atoms with Crippen LogP contribution in [-0.4, -0.2) is 30.4 Å². The fourth-order valence-corrected chi connectivity index (χ4v) is 2.89. The maximum absolute atomic E-state index is 5.88. The van der Waals surface area contributed by atoms with Gasteiger partial charge in [0.2, 0.25) is 0 Å². The van der Waals surface area contributed by atoms with Crippen LogP contribution in [0.5, 0.6) is 0 Å². The second-order valence-electron chi connectivity index (χ2n) is 3.68. The summed E-state index contributed by atoms with van der Waals surface area (Å²) in [6.45, 7) is 2.58. The highest BCUT2D eigenvalue weighted by Gasteiger charge is 2.50. The normalized spacial score (nSPS) is 34.0. The second-order valence-corrected chi connectivity index (χ2v) is 4.30. The summed E-state index contributed by atoms with van der Waals surface area (Å²) < 4.78 is 0. The van der Waals surface area contributed by atoms with Gasteiger partial charge in [-0.05, 0) is 25.3 Å². The minimum absolute atomic E-state index is 0.499. The number of hydrogen-bond acceptors (Lipinski definition) is 1. The molecule has 1 saturated carbocycles. The van der Waals surface area contributed by atoms with E-state index in [0.29, 0.717) is 10.8 Å². The Labute approximate surface area is 61.0 Å². The number of alkyl halides is 1. The third-order valence-electron chi connectivity index (χ3n) is 2.52. The molecule has 2 fully saturated rings. The summed E-state index contributed by atoms with van der Waals surface area (Å²) >= 11 is 5.88. The molecule has 1 saturated heterocycles. The fourth-order valence-electron chi connectivity index (χ4n) is 2.24. The van der Waals surface area contributed by atoms with Crippen molar-refractivity contribution in [3.05, 3.63) is 0 Å². The summed E-state index contributed by atoms with van der Waals surface area (Å²) in [5.74, 6) is 0. The molecule has 1 spiro atoms. The van der Waals surface area contributed by atoms with Gasteiger partial charge in [-0.25, -0.2) is 0 Å². The number of halogens is 1. The molecule has 9 heavy (non-hydrogen) atoms. The third-order valence-corrected chi connectivity index (χ3v) is 2.83. The lowest BCUT2D eigenvalue weighted by molar-refractivity contribution is -0.0405. The topological polar surface area (TPSA) is 3.24 Å². The van der Waals surface area contributed by atoms with Crippen LogP contribution in [0, 0.1) is 5.41 Å². The van der Waals surface area contributed by atoms with Crippen LogP contribution in [0.2, 0.25) is 0 Å². The largest absolute Gasteiger partial charge is 0.305 e. The van der Waals surface area contributed by atoms with Gasteiger partial charge in [-0.2, -0.15) is 0 Å². The van der Waals surface area contributed by atoms with Crippen molar-refractivity contribution >= 4 is 11.6 Å². The van der Waals surface area contributed by atoms with E-state index in [1.54, 1.807) is 0 Å². The predicted octanol–water partition coefficient (Wildman–Crippen LogP) is 1.32. The number of nitrogens with zero attached hydrogens (tertiary/aromatic N) is 1. The SMILES string of the molecule is CN1CC2(CC(Cl)C2)C1. The maximum Gasteiger partial charge on any atom is 0.0348 e. The molecule has 0 radical (unpaired) electrons. The van der Waals surface area contributed by atoms with E-state index in [-0.39, 0.29) is 0 Å². The van der Waals surface area contributed by atoms with E-state index >= 15 is 0 Å². The average molecular weight is 146 g/mol. The lowest BCUT2D eigenvalue weighted by atomic mass is 9.63. The van der Waals surface area contributed by atoms with Crippen LogP contribution in [0.1, 0.15) is 12.8 Å². The molecule has 0 aromatic carbocycles. The first-order valence-electron chi connectivity index (χ1n) is 3.53. The summed E-state index contributed by atoms with van der Waals surface area (Å²) in [5, 5.41) is 0.499. The van der Waals surface area contributed by atoms with Crippen molar-refractivity contribution in [1.29, 1.82) is 0 Å². The number of likely N-dealkylation sites (tertiary alicyclic amines) is 1. The van der Waals surface area contributed by atoms with Crippen LogP contribution in [0.4, 0.5) is 0 Å². The minimum Gasteiger partial charge on any atom is -0.305 e. The molecule has 2 rings (SSSR count). The molecular weight excluding hydrogens is 134 g/mol. The predicted molar refractivity (Wildman–Crippen MR) is 38.8 cm³/mol. The van der Waals surface area contributed by atoms with Crippen molar-refractivity contribution < 1.29 is 0 Å². The highest BCUT2D eigenvalue weighted by molar-refractivity contribution is 6.21. The summed E-state index contributed by atoms with van der Waals surface area (Å²) in [7, 11) is 2.17. The molecule has 2 aliphatic rings. The van der Waals surface area contributed by atoms with Crippen LogP contribution in [0.3, 0.4) is 0 Å². The zero-order valence-corrected chi connectivity index (χ0v) is 6.49. The van der Waals surface area contributed by atoms with Crippen molar-refractivity contribution in [3.63, 3.8) is 0 Å². The number of hydrogen-bond donors (Lipinski definition) is 0. The quantitative estimate of drug-likeness (QED) is 0.465. The van der Waals surface area contributed by atoms with E-state index in [1.165, 1.54) is 25.9 Å². The highest BCUT2D eigenvalue weighted by atomic mass is 35.5. The molecule has 2 heteroatoms. The van der Waals surface area contributed by atoms with E-state index in [0.717, 1.165) is 0 Å². The second kappa shape index (κ2) is 1.64. The van der Waals surface area contributed by atoms with Gasteiger partial charge in [0.05, 0.1) is 0 Å². The van der Waals surface area contributed by atoms with Crippen LogP contribution >= 0.6 is 11.6 Å². The van der Waals surface area contributed by atoms with Gasteiger partial charge in [-0.3, -0.25) is 0 Å². The Hall–Kier alpha value is 0.250. The van der Waals surface area contributed by atoms with Gasteiger partial charge in [0, 0.05) is 18.5 Å². The molecular formula is C7H12ClN. The van der Waals surface area contributed by atoms with Crippen LogP contribution in [0.15, 0.2) is 0 Å². The Morgan fingerprint density at radius 2 is 2.00 bits per heavy atom. The lowest BCUT2D eigenvalue weighted by Crippen LogP contribution is -2.61. The highest BCUT2D eigenvalue weighted by Crippen LogP contribution is 2.49. The molecule has 1 aliphatic carbocycles. The molecule has 1 aliphatic heterocycles. The molecule has 0 aromatic rings. The van der Waals surface area contributed by atoms with Crippen molar-refractivity contribution in [1.82, 2.24) is 4.90 Å². The van der Waals surface area contributed by atoms with E-state index < -0.39 is 0 Å². The molecule has 1 heterocycles. The fraction of sp³-hybridized carbons (Fsp3) is 1.00. The van der Waals surface area contributed by atoms with Gasteiger partial charge in [0.1, 0.15) is 0 Å². The van der Waals surface area contributed by atoms with Gasteiger partial charge in [0.25, 0.3) is 0 Å². The third kappa shape index (κ3) is 0.786. The summed E-state index contributed by atoms with van der Waals surface area (Å²) in [4.78, 5) is 2.36. The van der Waals surface area contributed by atoms with Gasteiger partial charge >= 0.3 is 0 Å². The smallest absolute Gasteiger partial charge is 0.0348 e. The van der Waals surface area contributed by atoms with Crippen molar-refractivity contribution in [2.24, 2.45) is 5.41 Å². The Morgan fingerprint density at radius 1 is 1.44 bits per heavy atom. The maximum atomic E-state index is 5.88. The van der Waals surface area contributed by atoms with E-state index in [4.69, 9.17) is 11.6 Å². The molecule has 0 amide bonds. The zero-order chi connectivity index (χ0) is 6.48. The molecule has 0 aromatic heterocycles. The molecule has 0 unspecified atom stereocenters. The number of rotatable bonds is 0. The first-order chi connectivity index (χ1) is 4.20. The average Bonchev–Trinajstić information content (AvgIpc) is 1.58. The van der Waals surface area contributed by atoms with E-state index in [9.17, 15) is 0 Å². The molecule has 52 valence electrons. The van der Waals surface area contributed by atoms with Crippen LogP contribution in [0.25, 0.3) is 0 Å². The zero-order valence-electron chi connectivity index (χ0n) is 5.73. The Balaban J connectivity index is 1.87. The van der Waals surface area contributed by atoms with Crippen LogP contribution < -0.4 is 0 Å². The van der Waals surface area contributed by atoms with Gasteiger partial charge in [0.15, 0.2) is 0 Å². The van der Waals surface area contributed by atoms with E-state index in [1.807, 2.05) is 0 Å². The van der Waals surface area contributed by atoms with Crippen molar-refractivity contribution in [2.45, 2.75) is 18.2 Å². The Morgan fingerprint density at radius 3 is 2.33 bits per heavy atom. The standard InChI is InChI=1S/C7H12ClN/c1-9-4-7(5-9)2-6(8)3-7/h6H,2-5H2,1H3. The van der Waals surface area contributed by atoms with Gasteiger partial charge < -0.3 is 4.90 Å². The molecule has 1 nitrogen and oxygen atoms in total. The summed E-state index contributed by atoms with van der Waals surface area (Å²) in [6.07, 6.45) is 2.53. The molecule has 0 N–H and O–H groups in total. The van der Waals surface area contributed by atoms with Gasteiger partial charge in [-0.1, -0.05) is 0 Å². The monoisotopic (exact) mass is 145 g/mol. The molecule has 0 bridgehead atoms. The minimum atomic E-state index is 0.499. The summed E-state index contributed by atoms with van der Waals surface area (Å²) in [6, 6.07) is 0. The van der Waals surface area contributed by atoms with Crippen molar-refractivity contribution in [2.75, 3.05) is 20.1 Å². The lowest BCUT2D eigenvalue weighted by Gasteiger charge is -2.56. The Kier molecular flexibility index (Phi) is 1.09. The Bertz CT molecular complexity index is 103. The van der Waals surface area contributed by atoms with E-state index in [2.05, 4.69) is 11.9 Å². The van der Waals surface area contributed by atoms with Gasteiger partial charge in [-0.15, -0.1) is 11.6 Å². The summed E-state index contributed by atoms with van der Waals surface area (Å²) in [5.41, 5.74) is 0.682. The first kappa shape index (κ1) is 5.99. The van der Waals surface area contributed by atoms with Crippen molar-refractivity contribution in [3.8, 4) is 0 Å².